The third kappa shape index (κ3) is 2.01. The molecule has 1 aromatic heterocycles. The largest absolute Gasteiger partial charge is 0.422 e. The summed E-state index contributed by atoms with van der Waals surface area (Å²) < 4.78 is 5.00. The van der Waals surface area contributed by atoms with Gasteiger partial charge in [-0.2, -0.15) is 0 Å². The van der Waals surface area contributed by atoms with Gasteiger partial charge >= 0.3 is 5.63 Å². The summed E-state index contributed by atoms with van der Waals surface area (Å²) in [6.45, 7) is 2.75. The summed E-state index contributed by atoms with van der Waals surface area (Å²) in [5, 5.41) is 0.572. The Kier molecular flexibility index (Phi) is 2.63. The summed E-state index contributed by atoms with van der Waals surface area (Å²) in [5.74, 6) is -0.434. The van der Waals surface area contributed by atoms with Crippen molar-refractivity contribution in [2.45, 2.75) is 13.8 Å². The molecule has 0 fully saturated rings. The summed E-state index contributed by atoms with van der Waals surface area (Å²) in [5.41, 5.74) is 0.227. The van der Waals surface area contributed by atoms with Gasteiger partial charge in [-0.1, -0.05) is 0 Å². The van der Waals surface area contributed by atoms with E-state index in [1.165, 1.54) is 19.9 Å². The third-order valence-electron chi connectivity index (χ3n) is 2.52. The minimum atomic E-state index is -0.652. The number of carbonyl (C=O) groups excluding carboxylic acids is 2. The van der Waals surface area contributed by atoms with Gasteiger partial charge in [-0.05, 0) is 38.1 Å². The smallest absolute Gasteiger partial charge is 0.347 e. The van der Waals surface area contributed by atoms with Crippen molar-refractivity contribution in [1.82, 2.24) is 0 Å². The first kappa shape index (κ1) is 11.3. The molecule has 0 atom stereocenters. The molecule has 0 amide bonds. The molecule has 2 rings (SSSR count). The molecule has 2 aromatic rings. The summed E-state index contributed by atoms with van der Waals surface area (Å²) >= 11 is 0. The molecule has 4 heteroatoms. The second-order valence-corrected chi connectivity index (χ2v) is 3.81. The molecule has 1 aromatic carbocycles. The monoisotopic (exact) mass is 230 g/mol. The van der Waals surface area contributed by atoms with Gasteiger partial charge in [0.15, 0.2) is 11.6 Å². The molecule has 0 radical (unpaired) electrons. The van der Waals surface area contributed by atoms with Crippen LogP contribution in [-0.4, -0.2) is 11.6 Å². The predicted molar refractivity (Wildman–Crippen MR) is 62.5 cm³/mol. The molecule has 0 aliphatic heterocycles. The zero-order valence-corrected chi connectivity index (χ0v) is 9.44. The van der Waals surface area contributed by atoms with Crippen molar-refractivity contribution in [1.29, 1.82) is 0 Å². The van der Waals surface area contributed by atoms with Crippen LogP contribution in [0.15, 0.2) is 33.5 Å². The van der Waals surface area contributed by atoms with E-state index in [4.69, 9.17) is 4.42 Å². The SMILES string of the molecule is CC(=O)c1ccc2oc(=O)c(C(C)=O)cc2c1. The van der Waals surface area contributed by atoms with Crippen LogP contribution in [0.2, 0.25) is 0 Å². The van der Waals surface area contributed by atoms with Crippen LogP contribution in [0.3, 0.4) is 0 Å². The fourth-order valence-electron chi connectivity index (χ4n) is 1.59. The Morgan fingerprint density at radius 1 is 1.06 bits per heavy atom. The lowest BCUT2D eigenvalue weighted by molar-refractivity contribution is 0.100. The quantitative estimate of drug-likeness (QED) is 0.586. The van der Waals surface area contributed by atoms with Gasteiger partial charge in [0.1, 0.15) is 11.1 Å². The van der Waals surface area contributed by atoms with E-state index in [2.05, 4.69) is 0 Å². The molecule has 4 nitrogen and oxygen atoms in total. The van der Waals surface area contributed by atoms with Crippen LogP contribution in [0.25, 0.3) is 11.0 Å². The number of hydrogen-bond acceptors (Lipinski definition) is 4. The molecule has 17 heavy (non-hydrogen) atoms. The van der Waals surface area contributed by atoms with E-state index < -0.39 is 5.63 Å². The summed E-state index contributed by atoms with van der Waals surface area (Å²) in [4.78, 5) is 33.9. The maximum atomic E-state index is 11.4. The summed E-state index contributed by atoms with van der Waals surface area (Å²) in [6.07, 6.45) is 0. The number of benzene rings is 1. The molecule has 0 saturated heterocycles. The number of fused-ring (bicyclic) bond motifs is 1. The van der Waals surface area contributed by atoms with Crippen LogP contribution in [0.4, 0.5) is 0 Å². The number of Topliss-reactive ketones (excluding diaryl/α,β-unsaturated/α-hetero) is 2. The number of ketones is 2. The molecular formula is C13H10O4. The molecular weight excluding hydrogens is 220 g/mol. The van der Waals surface area contributed by atoms with E-state index in [1.54, 1.807) is 18.2 Å². The average Bonchev–Trinajstić information content (AvgIpc) is 2.27. The van der Waals surface area contributed by atoms with Gasteiger partial charge in [-0.15, -0.1) is 0 Å². The number of carbonyl (C=O) groups is 2. The molecule has 0 bridgehead atoms. The number of hydrogen-bond donors (Lipinski definition) is 0. The van der Waals surface area contributed by atoms with E-state index in [9.17, 15) is 14.4 Å². The van der Waals surface area contributed by atoms with E-state index in [0.29, 0.717) is 16.5 Å². The van der Waals surface area contributed by atoms with Crippen molar-refractivity contribution in [3.8, 4) is 0 Å². The molecule has 0 aliphatic carbocycles. The molecule has 0 spiro atoms. The van der Waals surface area contributed by atoms with Gasteiger partial charge < -0.3 is 4.42 Å². The van der Waals surface area contributed by atoms with E-state index in [0.717, 1.165) is 0 Å². The molecule has 0 unspecified atom stereocenters. The lowest BCUT2D eigenvalue weighted by atomic mass is 10.1. The fraction of sp³-hybridized carbons (Fsp3) is 0.154. The van der Waals surface area contributed by atoms with Crippen LogP contribution in [0.1, 0.15) is 34.6 Å². The van der Waals surface area contributed by atoms with E-state index in [1.807, 2.05) is 0 Å². The van der Waals surface area contributed by atoms with Crippen molar-refractivity contribution in [3.05, 3.63) is 45.8 Å². The second kappa shape index (κ2) is 3.97. The average molecular weight is 230 g/mol. The minimum absolute atomic E-state index is 0.00166. The molecule has 0 aliphatic rings. The lowest BCUT2D eigenvalue weighted by Gasteiger charge is -2.01. The van der Waals surface area contributed by atoms with Gasteiger partial charge in [-0.25, -0.2) is 4.79 Å². The highest BCUT2D eigenvalue weighted by atomic mass is 16.4. The van der Waals surface area contributed by atoms with Crippen molar-refractivity contribution < 1.29 is 14.0 Å². The Hall–Kier alpha value is -2.23. The Labute approximate surface area is 96.9 Å². The van der Waals surface area contributed by atoms with Crippen molar-refractivity contribution in [2.75, 3.05) is 0 Å². The first-order chi connectivity index (χ1) is 7.99. The van der Waals surface area contributed by atoms with Crippen LogP contribution in [-0.2, 0) is 0 Å². The molecule has 0 N–H and O–H groups in total. The minimum Gasteiger partial charge on any atom is -0.422 e. The number of rotatable bonds is 2. The summed E-state index contributed by atoms with van der Waals surface area (Å²) in [6, 6.07) is 6.20. The topological polar surface area (TPSA) is 64.3 Å². The van der Waals surface area contributed by atoms with Crippen molar-refractivity contribution >= 4 is 22.5 Å². The van der Waals surface area contributed by atoms with Gasteiger partial charge in [-0.3, -0.25) is 9.59 Å². The van der Waals surface area contributed by atoms with Gasteiger partial charge in [0.05, 0.1) is 0 Å². The fourth-order valence-corrected chi connectivity index (χ4v) is 1.59. The zero-order valence-electron chi connectivity index (χ0n) is 9.44. The highest BCUT2D eigenvalue weighted by Gasteiger charge is 2.10. The van der Waals surface area contributed by atoms with E-state index >= 15 is 0 Å². The van der Waals surface area contributed by atoms with Crippen LogP contribution in [0, 0.1) is 0 Å². The molecule has 1 heterocycles. The first-order valence-electron chi connectivity index (χ1n) is 5.09. The van der Waals surface area contributed by atoms with Gasteiger partial charge in [0.2, 0.25) is 0 Å². The normalized spacial score (nSPS) is 10.5. The maximum absolute atomic E-state index is 11.4. The van der Waals surface area contributed by atoms with Gasteiger partial charge in [0.25, 0.3) is 0 Å². The van der Waals surface area contributed by atoms with Crippen LogP contribution >= 0.6 is 0 Å². The van der Waals surface area contributed by atoms with Crippen molar-refractivity contribution in [3.63, 3.8) is 0 Å². The Bertz CT molecular complexity index is 679. The Morgan fingerprint density at radius 3 is 2.35 bits per heavy atom. The molecule has 0 saturated carbocycles. The Morgan fingerprint density at radius 2 is 1.76 bits per heavy atom. The first-order valence-corrected chi connectivity index (χ1v) is 5.09. The van der Waals surface area contributed by atoms with Gasteiger partial charge in [0, 0.05) is 10.9 Å². The Balaban J connectivity index is 2.77. The molecule has 86 valence electrons. The lowest BCUT2D eigenvalue weighted by Crippen LogP contribution is -2.11. The van der Waals surface area contributed by atoms with Crippen LogP contribution in [0.5, 0.6) is 0 Å². The second-order valence-electron chi connectivity index (χ2n) is 3.81. The predicted octanol–water partition coefficient (Wildman–Crippen LogP) is 2.20. The van der Waals surface area contributed by atoms with Crippen molar-refractivity contribution in [2.24, 2.45) is 0 Å². The highest BCUT2D eigenvalue weighted by molar-refractivity contribution is 6.00. The highest BCUT2D eigenvalue weighted by Crippen LogP contribution is 2.16. The van der Waals surface area contributed by atoms with E-state index in [-0.39, 0.29) is 17.1 Å². The maximum Gasteiger partial charge on any atom is 0.347 e. The standard InChI is InChI=1S/C13H10O4/c1-7(14)9-3-4-12-10(5-9)6-11(8(2)15)13(16)17-12/h3-6H,1-2H3. The third-order valence-corrected chi connectivity index (χ3v) is 2.52. The zero-order chi connectivity index (χ0) is 12.6. The summed E-state index contributed by atoms with van der Waals surface area (Å²) in [7, 11) is 0. The van der Waals surface area contributed by atoms with Crippen LogP contribution < -0.4 is 5.63 Å².